The van der Waals surface area contributed by atoms with Crippen LogP contribution in [0.4, 0.5) is 0 Å². The first-order valence-corrected chi connectivity index (χ1v) is 33.1. The molecule has 1 amide bonds. The van der Waals surface area contributed by atoms with Crippen molar-refractivity contribution in [3.8, 4) is 0 Å². The summed E-state index contributed by atoms with van der Waals surface area (Å²) < 4.78 is 5.47. The second-order valence-electron chi connectivity index (χ2n) is 22.8. The molecule has 0 radical (unpaired) electrons. The van der Waals surface area contributed by atoms with Gasteiger partial charge >= 0.3 is 5.97 Å². The van der Waals surface area contributed by atoms with Gasteiger partial charge in [-0.05, 0) is 51.4 Å². The largest absolute Gasteiger partial charge is 0.466 e. The van der Waals surface area contributed by atoms with Crippen LogP contribution < -0.4 is 5.32 Å². The molecule has 0 aromatic rings. The molecular weight excluding hydrogens is 899 g/mol. The summed E-state index contributed by atoms with van der Waals surface area (Å²) >= 11 is 0. The molecule has 3 N–H and O–H groups in total. The molecule has 432 valence electrons. The molecule has 0 aromatic carbocycles. The molecule has 0 saturated heterocycles. The molecule has 0 aromatic heterocycles. The van der Waals surface area contributed by atoms with E-state index in [9.17, 15) is 19.8 Å². The molecule has 0 aliphatic rings. The molecule has 6 heteroatoms. The number of amides is 1. The summed E-state index contributed by atoms with van der Waals surface area (Å²) in [6.07, 6.45) is 77.7. The number of carbonyl (C=O) groups excluding carboxylic acids is 2. The maximum Gasteiger partial charge on any atom is 0.305 e. The van der Waals surface area contributed by atoms with Crippen LogP contribution in [0.2, 0.25) is 0 Å². The van der Waals surface area contributed by atoms with Gasteiger partial charge in [-0.25, -0.2) is 0 Å². The molecule has 2 atom stereocenters. The zero-order valence-corrected chi connectivity index (χ0v) is 49.4. The van der Waals surface area contributed by atoms with Crippen LogP contribution >= 0.6 is 0 Å². The van der Waals surface area contributed by atoms with Crippen molar-refractivity contribution in [2.75, 3.05) is 13.2 Å². The van der Waals surface area contributed by atoms with E-state index >= 15 is 0 Å². The molecule has 73 heavy (non-hydrogen) atoms. The fourth-order valence-electron chi connectivity index (χ4n) is 10.4. The maximum atomic E-state index is 12.5. The number of allylic oxidation sites excluding steroid dienone is 4. The molecule has 0 spiro atoms. The lowest BCUT2D eigenvalue weighted by Crippen LogP contribution is -2.45. The minimum atomic E-state index is -0.668. The number of esters is 1. The average molecular weight is 1030 g/mol. The van der Waals surface area contributed by atoms with Gasteiger partial charge in [-0.15, -0.1) is 0 Å². The predicted molar refractivity (Wildman–Crippen MR) is 320 cm³/mol. The Morgan fingerprint density at radius 3 is 1.08 bits per heavy atom. The molecule has 0 aliphatic carbocycles. The first kappa shape index (κ1) is 71.3. The Morgan fingerprint density at radius 2 is 0.699 bits per heavy atom. The molecule has 0 bridgehead atoms. The van der Waals surface area contributed by atoms with Crippen LogP contribution in [0, 0.1) is 0 Å². The van der Waals surface area contributed by atoms with Crippen LogP contribution in [0.3, 0.4) is 0 Å². The van der Waals surface area contributed by atoms with Crippen LogP contribution in [0.5, 0.6) is 0 Å². The number of ether oxygens (including phenoxy) is 1. The number of aliphatic hydroxyl groups excluding tert-OH is 2. The Bertz CT molecular complexity index is 1140. The van der Waals surface area contributed by atoms with Crippen molar-refractivity contribution >= 4 is 11.9 Å². The Hall–Kier alpha value is -1.66. The second-order valence-corrected chi connectivity index (χ2v) is 22.8. The summed E-state index contributed by atoms with van der Waals surface area (Å²) in [5.41, 5.74) is 0. The van der Waals surface area contributed by atoms with Gasteiger partial charge in [0.05, 0.1) is 25.4 Å². The van der Waals surface area contributed by atoms with Gasteiger partial charge in [0.15, 0.2) is 0 Å². The summed E-state index contributed by atoms with van der Waals surface area (Å²) in [5, 5.41) is 23.4. The molecule has 0 rings (SSSR count). The molecule has 6 nitrogen and oxygen atoms in total. The lowest BCUT2D eigenvalue weighted by atomic mass is 10.0. The molecule has 2 unspecified atom stereocenters. The van der Waals surface area contributed by atoms with Crippen molar-refractivity contribution < 1.29 is 24.5 Å². The van der Waals surface area contributed by atoms with Gasteiger partial charge in [0, 0.05) is 12.8 Å². The Morgan fingerprint density at radius 1 is 0.384 bits per heavy atom. The summed E-state index contributed by atoms with van der Waals surface area (Å²) in [4.78, 5) is 24.6. The SMILES string of the molecule is CCCC/C=C\C/C=C\CCCCCCCC(=O)OCCCCCCCCCCCCCCCCCCCCCC(=O)NC(CO)C(O)CCCCCCCCCCCCCCCCCCCCCCCCC. The monoisotopic (exact) mass is 1030 g/mol. The van der Waals surface area contributed by atoms with Crippen LogP contribution in [0.1, 0.15) is 367 Å². The molecular formula is C67H129NO5. The highest BCUT2D eigenvalue weighted by Crippen LogP contribution is 2.19. The van der Waals surface area contributed by atoms with Gasteiger partial charge in [-0.3, -0.25) is 9.59 Å². The fourth-order valence-corrected chi connectivity index (χ4v) is 10.4. The lowest BCUT2D eigenvalue weighted by molar-refractivity contribution is -0.143. The van der Waals surface area contributed by atoms with Crippen LogP contribution in [0.15, 0.2) is 24.3 Å². The molecule has 0 saturated carbocycles. The number of nitrogens with one attached hydrogen (secondary N) is 1. The fraction of sp³-hybridized carbons (Fsp3) is 0.910. The average Bonchev–Trinajstić information content (AvgIpc) is 3.39. The van der Waals surface area contributed by atoms with Gasteiger partial charge in [-0.1, -0.05) is 327 Å². The van der Waals surface area contributed by atoms with Crippen molar-refractivity contribution in [1.29, 1.82) is 0 Å². The summed E-state index contributed by atoms with van der Waals surface area (Å²) in [7, 11) is 0. The van der Waals surface area contributed by atoms with E-state index in [0.717, 1.165) is 51.4 Å². The van der Waals surface area contributed by atoms with Gasteiger partial charge < -0.3 is 20.3 Å². The van der Waals surface area contributed by atoms with Crippen molar-refractivity contribution in [2.24, 2.45) is 0 Å². The highest BCUT2D eigenvalue weighted by molar-refractivity contribution is 5.76. The Kier molecular flexibility index (Phi) is 61.4. The third-order valence-electron chi connectivity index (χ3n) is 15.5. The van der Waals surface area contributed by atoms with E-state index < -0.39 is 12.1 Å². The first-order valence-electron chi connectivity index (χ1n) is 33.1. The smallest absolute Gasteiger partial charge is 0.305 e. The standard InChI is InChI=1S/C67H129NO5/c1-3-5-7-9-11-13-15-17-19-20-21-22-23-24-26-29-32-35-39-43-47-51-55-59-65(70)64(63-69)68-66(71)60-56-52-48-44-40-36-33-30-27-25-28-31-34-38-42-46-50-54-58-62-73-67(72)61-57-53-49-45-41-37-18-16-14-12-10-8-6-4-2/h10,12,16,18,64-65,69-70H,3-9,11,13-15,17,19-63H2,1-2H3,(H,68,71)/b12-10-,18-16-. The van der Waals surface area contributed by atoms with Gasteiger partial charge in [0.2, 0.25) is 5.91 Å². The highest BCUT2D eigenvalue weighted by atomic mass is 16.5. The Labute approximate surface area is 456 Å². The van der Waals surface area contributed by atoms with E-state index in [1.807, 2.05) is 0 Å². The number of rotatable bonds is 62. The highest BCUT2D eigenvalue weighted by Gasteiger charge is 2.20. The summed E-state index contributed by atoms with van der Waals surface area (Å²) in [6, 6.07) is -0.545. The minimum Gasteiger partial charge on any atom is -0.466 e. The molecule has 0 aliphatic heterocycles. The zero-order valence-electron chi connectivity index (χ0n) is 49.4. The van der Waals surface area contributed by atoms with E-state index in [1.165, 1.54) is 283 Å². The number of hydrogen-bond acceptors (Lipinski definition) is 5. The summed E-state index contributed by atoms with van der Waals surface area (Å²) in [5.74, 6) is -0.0387. The van der Waals surface area contributed by atoms with E-state index in [-0.39, 0.29) is 18.5 Å². The predicted octanol–water partition coefficient (Wildman–Crippen LogP) is 21.0. The van der Waals surface area contributed by atoms with Gasteiger partial charge in [0.1, 0.15) is 0 Å². The van der Waals surface area contributed by atoms with Gasteiger partial charge in [0.25, 0.3) is 0 Å². The molecule has 0 heterocycles. The van der Waals surface area contributed by atoms with E-state index in [2.05, 4.69) is 43.5 Å². The zero-order chi connectivity index (χ0) is 52.9. The number of carbonyl (C=O) groups is 2. The van der Waals surface area contributed by atoms with E-state index in [4.69, 9.17) is 4.74 Å². The quantitative estimate of drug-likeness (QED) is 0.0320. The lowest BCUT2D eigenvalue weighted by Gasteiger charge is -2.22. The number of hydrogen-bond donors (Lipinski definition) is 3. The number of unbranched alkanes of at least 4 members (excludes halogenated alkanes) is 47. The normalized spacial score (nSPS) is 12.7. The number of aliphatic hydroxyl groups is 2. The third-order valence-corrected chi connectivity index (χ3v) is 15.5. The first-order chi connectivity index (χ1) is 36.0. The van der Waals surface area contributed by atoms with E-state index in [0.29, 0.717) is 25.9 Å². The Balaban J connectivity index is 3.40. The summed E-state index contributed by atoms with van der Waals surface area (Å²) in [6.45, 7) is 4.93. The van der Waals surface area contributed by atoms with Crippen molar-refractivity contribution in [3.63, 3.8) is 0 Å². The van der Waals surface area contributed by atoms with Crippen LogP contribution in [-0.4, -0.2) is 47.4 Å². The van der Waals surface area contributed by atoms with Crippen LogP contribution in [0.25, 0.3) is 0 Å². The second kappa shape index (κ2) is 62.9. The van der Waals surface area contributed by atoms with Crippen molar-refractivity contribution in [1.82, 2.24) is 5.32 Å². The van der Waals surface area contributed by atoms with Crippen molar-refractivity contribution in [3.05, 3.63) is 24.3 Å². The topological polar surface area (TPSA) is 95.9 Å². The molecule has 0 fully saturated rings. The van der Waals surface area contributed by atoms with E-state index in [1.54, 1.807) is 0 Å². The van der Waals surface area contributed by atoms with Gasteiger partial charge in [-0.2, -0.15) is 0 Å². The maximum absolute atomic E-state index is 12.5. The minimum absolute atomic E-state index is 0.00468. The van der Waals surface area contributed by atoms with Crippen molar-refractivity contribution in [2.45, 2.75) is 379 Å². The third kappa shape index (κ3) is 59.4. The van der Waals surface area contributed by atoms with Crippen LogP contribution in [-0.2, 0) is 14.3 Å².